The largest absolute Gasteiger partial charge is 0.387 e. The molecule has 0 fully saturated rings. The SMILES string of the molecule is CC(NP)[C@H](O)c1ccccc1. The summed E-state index contributed by atoms with van der Waals surface area (Å²) in [6.45, 7) is 1.94. The van der Waals surface area contributed by atoms with Gasteiger partial charge in [-0.05, 0) is 12.5 Å². The number of aliphatic hydroxyl groups is 1. The van der Waals surface area contributed by atoms with Gasteiger partial charge in [0.15, 0.2) is 0 Å². The number of hydrogen-bond acceptors (Lipinski definition) is 2. The van der Waals surface area contributed by atoms with E-state index in [1.165, 1.54) is 0 Å². The van der Waals surface area contributed by atoms with Gasteiger partial charge in [0.1, 0.15) is 0 Å². The molecule has 3 heteroatoms. The molecule has 0 heterocycles. The molecule has 0 aliphatic rings. The average Bonchev–Trinajstić information content (AvgIpc) is 2.17. The average molecular weight is 183 g/mol. The van der Waals surface area contributed by atoms with Crippen LogP contribution in [0.3, 0.4) is 0 Å². The monoisotopic (exact) mass is 183 g/mol. The van der Waals surface area contributed by atoms with Gasteiger partial charge in [-0.3, -0.25) is 5.09 Å². The molecular formula is C9H14NOP. The first-order chi connectivity index (χ1) is 5.75. The number of aliphatic hydroxyl groups excluding tert-OH is 1. The van der Waals surface area contributed by atoms with E-state index < -0.39 is 6.10 Å². The van der Waals surface area contributed by atoms with E-state index in [0.29, 0.717) is 0 Å². The Morgan fingerprint density at radius 3 is 2.42 bits per heavy atom. The summed E-state index contributed by atoms with van der Waals surface area (Å²) in [5.74, 6) is 0. The van der Waals surface area contributed by atoms with Gasteiger partial charge in [0, 0.05) is 6.04 Å². The van der Waals surface area contributed by atoms with E-state index in [0.717, 1.165) is 5.56 Å². The molecule has 0 aliphatic carbocycles. The smallest absolute Gasteiger partial charge is 0.0942 e. The molecule has 3 atom stereocenters. The lowest BCUT2D eigenvalue weighted by Crippen LogP contribution is -2.24. The maximum atomic E-state index is 9.71. The second-order valence-corrected chi connectivity index (χ2v) is 3.14. The maximum Gasteiger partial charge on any atom is 0.0942 e. The lowest BCUT2D eigenvalue weighted by Gasteiger charge is -2.17. The van der Waals surface area contributed by atoms with Crippen LogP contribution in [-0.4, -0.2) is 11.1 Å². The molecule has 0 bridgehead atoms. The molecule has 66 valence electrons. The predicted molar refractivity (Wildman–Crippen MR) is 53.7 cm³/mol. The lowest BCUT2D eigenvalue weighted by atomic mass is 10.0. The van der Waals surface area contributed by atoms with Crippen LogP contribution in [0.25, 0.3) is 0 Å². The lowest BCUT2D eigenvalue weighted by molar-refractivity contribution is 0.148. The van der Waals surface area contributed by atoms with Gasteiger partial charge in [-0.2, -0.15) is 0 Å². The van der Waals surface area contributed by atoms with Crippen molar-refractivity contribution in [3.05, 3.63) is 35.9 Å². The molecule has 1 aromatic rings. The van der Waals surface area contributed by atoms with Crippen LogP contribution in [0.5, 0.6) is 0 Å². The highest BCUT2D eigenvalue weighted by molar-refractivity contribution is 7.13. The van der Waals surface area contributed by atoms with E-state index in [4.69, 9.17) is 0 Å². The highest BCUT2D eigenvalue weighted by atomic mass is 31.0. The summed E-state index contributed by atoms with van der Waals surface area (Å²) in [4.78, 5) is 0. The Hall–Kier alpha value is -0.430. The second-order valence-electron chi connectivity index (χ2n) is 2.81. The van der Waals surface area contributed by atoms with Crippen molar-refractivity contribution in [2.75, 3.05) is 0 Å². The van der Waals surface area contributed by atoms with Crippen molar-refractivity contribution in [3.63, 3.8) is 0 Å². The Morgan fingerprint density at radius 1 is 1.33 bits per heavy atom. The molecule has 0 radical (unpaired) electrons. The topological polar surface area (TPSA) is 32.3 Å². The quantitative estimate of drug-likeness (QED) is 0.696. The van der Waals surface area contributed by atoms with Crippen LogP contribution >= 0.6 is 9.39 Å². The van der Waals surface area contributed by atoms with Crippen molar-refractivity contribution in [1.29, 1.82) is 0 Å². The zero-order chi connectivity index (χ0) is 8.97. The van der Waals surface area contributed by atoms with Crippen molar-refractivity contribution in [2.24, 2.45) is 0 Å². The molecule has 0 amide bonds. The Balaban J connectivity index is 2.71. The molecule has 0 spiro atoms. The number of nitrogens with one attached hydrogen (secondary N) is 1. The van der Waals surface area contributed by atoms with Gasteiger partial charge in [-0.1, -0.05) is 39.7 Å². The minimum Gasteiger partial charge on any atom is -0.387 e. The van der Waals surface area contributed by atoms with E-state index in [9.17, 15) is 5.11 Å². The van der Waals surface area contributed by atoms with Gasteiger partial charge < -0.3 is 5.11 Å². The van der Waals surface area contributed by atoms with E-state index in [1.807, 2.05) is 37.3 Å². The van der Waals surface area contributed by atoms with E-state index >= 15 is 0 Å². The Labute approximate surface area is 75.3 Å². The number of benzene rings is 1. The third-order valence-corrected chi connectivity index (χ3v) is 2.40. The van der Waals surface area contributed by atoms with Crippen LogP contribution in [0.1, 0.15) is 18.6 Å². The molecule has 1 aromatic carbocycles. The first-order valence-corrected chi connectivity index (χ1v) is 4.52. The molecular weight excluding hydrogens is 169 g/mol. The summed E-state index contributed by atoms with van der Waals surface area (Å²) >= 11 is 0. The van der Waals surface area contributed by atoms with Gasteiger partial charge in [-0.15, -0.1) is 0 Å². The third kappa shape index (κ3) is 2.28. The van der Waals surface area contributed by atoms with E-state index in [1.54, 1.807) is 0 Å². The van der Waals surface area contributed by atoms with Crippen molar-refractivity contribution in [3.8, 4) is 0 Å². The van der Waals surface area contributed by atoms with Crippen LogP contribution < -0.4 is 5.09 Å². The van der Waals surface area contributed by atoms with Crippen molar-refractivity contribution < 1.29 is 5.11 Å². The zero-order valence-corrected chi connectivity index (χ0v) is 8.22. The molecule has 0 saturated carbocycles. The van der Waals surface area contributed by atoms with Gasteiger partial charge in [0.2, 0.25) is 0 Å². The molecule has 0 saturated heterocycles. The molecule has 0 aromatic heterocycles. The molecule has 0 aliphatic heterocycles. The fourth-order valence-corrected chi connectivity index (χ4v) is 1.21. The highest BCUT2D eigenvalue weighted by Crippen LogP contribution is 2.16. The Morgan fingerprint density at radius 2 is 1.92 bits per heavy atom. The summed E-state index contributed by atoms with van der Waals surface area (Å²) in [7, 11) is 2.40. The van der Waals surface area contributed by atoms with Crippen LogP contribution in [0.15, 0.2) is 30.3 Å². The van der Waals surface area contributed by atoms with Crippen molar-refractivity contribution in [1.82, 2.24) is 5.09 Å². The van der Waals surface area contributed by atoms with E-state index in [-0.39, 0.29) is 6.04 Å². The molecule has 2 N–H and O–H groups in total. The first-order valence-electron chi connectivity index (χ1n) is 3.95. The fraction of sp³-hybridized carbons (Fsp3) is 0.333. The van der Waals surface area contributed by atoms with Crippen LogP contribution in [0.4, 0.5) is 0 Å². The second kappa shape index (κ2) is 4.56. The first kappa shape index (κ1) is 9.66. The standard InChI is InChI=1S/C9H14NOP/c1-7(10-12)9(11)8-5-3-2-4-6-8/h2-7,9-11H,12H2,1H3/t7?,9-/m0/s1. The predicted octanol–water partition coefficient (Wildman–Crippen LogP) is 1.49. The van der Waals surface area contributed by atoms with Gasteiger partial charge in [-0.25, -0.2) is 0 Å². The van der Waals surface area contributed by atoms with E-state index in [2.05, 4.69) is 14.5 Å². The summed E-state index contributed by atoms with van der Waals surface area (Å²) in [6, 6.07) is 9.68. The molecule has 1 rings (SSSR count). The van der Waals surface area contributed by atoms with Gasteiger partial charge in [0.25, 0.3) is 0 Å². The maximum absolute atomic E-state index is 9.71. The van der Waals surface area contributed by atoms with Gasteiger partial charge in [0.05, 0.1) is 6.10 Å². The summed E-state index contributed by atoms with van der Waals surface area (Å²) in [5.41, 5.74) is 0.944. The number of rotatable bonds is 3. The van der Waals surface area contributed by atoms with Crippen LogP contribution in [0.2, 0.25) is 0 Å². The third-order valence-electron chi connectivity index (χ3n) is 1.88. The van der Waals surface area contributed by atoms with Crippen molar-refractivity contribution in [2.45, 2.75) is 19.1 Å². The van der Waals surface area contributed by atoms with Crippen LogP contribution in [0, 0.1) is 0 Å². The summed E-state index contributed by atoms with van der Waals surface area (Å²) in [6.07, 6.45) is -0.441. The van der Waals surface area contributed by atoms with Gasteiger partial charge >= 0.3 is 0 Å². The Kier molecular flexibility index (Phi) is 3.67. The normalized spacial score (nSPS) is 15.6. The number of hydrogen-bond donors (Lipinski definition) is 2. The highest BCUT2D eigenvalue weighted by Gasteiger charge is 2.13. The molecule has 12 heavy (non-hydrogen) atoms. The fourth-order valence-electron chi connectivity index (χ4n) is 1.03. The molecule has 2 unspecified atom stereocenters. The minimum absolute atomic E-state index is 0.0531. The molecule has 2 nitrogen and oxygen atoms in total. The zero-order valence-electron chi connectivity index (χ0n) is 7.07. The minimum atomic E-state index is -0.441. The summed E-state index contributed by atoms with van der Waals surface area (Å²) < 4.78 is 0. The van der Waals surface area contributed by atoms with Crippen LogP contribution in [-0.2, 0) is 0 Å². The Bertz CT molecular complexity index is 227. The van der Waals surface area contributed by atoms with Crippen molar-refractivity contribution >= 4 is 9.39 Å². The summed E-state index contributed by atoms with van der Waals surface area (Å²) in [5, 5.41) is 12.6.